The molecule has 1 heterocycles. The highest BCUT2D eigenvalue weighted by atomic mass is 16.5. The summed E-state index contributed by atoms with van der Waals surface area (Å²) in [5, 5.41) is 0. The van der Waals surface area contributed by atoms with Crippen molar-refractivity contribution in [2.45, 2.75) is 0 Å². The molecule has 0 saturated carbocycles. The summed E-state index contributed by atoms with van der Waals surface area (Å²) in [5.74, 6) is 1.08. The smallest absolute Gasteiger partial charge is 0.343 e. The molecule has 0 saturated heterocycles. The Morgan fingerprint density at radius 3 is 2.10 bits per heavy atom. The fourth-order valence-electron chi connectivity index (χ4n) is 2.67. The van der Waals surface area contributed by atoms with Crippen LogP contribution in [-0.2, 0) is 0 Å². The molecule has 0 fully saturated rings. The first-order chi connectivity index (χ1) is 14.1. The van der Waals surface area contributed by atoms with Gasteiger partial charge in [-0.2, -0.15) is 0 Å². The lowest BCUT2D eigenvalue weighted by molar-refractivity contribution is 0.0734. The van der Waals surface area contributed by atoms with Crippen LogP contribution in [0.25, 0.3) is 12.2 Å². The molecule has 0 atom stereocenters. The molecule has 3 aromatic rings. The van der Waals surface area contributed by atoms with Gasteiger partial charge in [0.1, 0.15) is 5.75 Å². The van der Waals surface area contributed by atoms with E-state index >= 15 is 0 Å². The molecule has 0 N–H and O–H groups in total. The molecule has 0 amide bonds. The normalized spacial score (nSPS) is 10.6. The molecule has 0 unspecified atom stereocenters. The van der Waals surface area contributed by atoms with Crippen molar-refractivity contribution in [1.82, 2.24) is 4.98 Å². The van der Waals surface area contributed by atoms with E-state index in [1.54, 1.807) is 30.5 Å². The van der Waals surface area contributed by atoms with Gasteiger partial charge in [0.2, 0.25) is 5.75 Å². The van der Waals surface area contributed by atoms with Crippen LogP contribution in [0.4, 0.5) is 0 Å². The number of hydrogen-bond donors (Lipinski definition) is 0. The molecule has 0 bridgehead atoms. The average molecular weight is 391 g/mol. The van der Waals surface area contributed by atoms with Crippen LogP contribution in [0.3, 0.4) is 0 Å². The summed E-state index contributed by atoms with van der Waals surface area (Å²) in [6.07, 6.45) is 5.59. The number of hydrogen-bond acceptors (Lipinski definition) is 6. The maximum absolute atomic E-state index is 12.5. The molecule has 29 heavy (non-hydrogen) atoms. The van der Waals surface area contributed by atoms with E-state index in [9.17, 15) is 4.79 Å². The predicted molar refractivity (Wildman–Crippen MR) is 111 cm³/mol. The van der Waals surface area contributed by atoms with Crippen molar-refractivity contribution in [2.24, 2.45) is 0 Å². The molecule has 1 aromatic heterocycles. The van der Waals surface area contributed by atoms with E-state index in [1.807, 2.05) is 42.5 Å². The number of ether oxygens (including phenoxy) is 4. The number of carbonyl (C=O) groups excluding carboxylic acids is 1. The van der Waals surface area contributed by atoms with Crippen LogP contribution >= 0.6 is 0 Å². The van der Waals surface area contributed by atoms with E-state index in [-0.39, 0.29) is 0 Å². The second kappa shape index (κ2) is 9.41. The van der Waals surface area contributed by atoms with Gasteiger partial charge in [-0.15, -0.1) is 0 Å². The number of benzene rings is 2. The zero-order chi connectivity index (χ0) is 20.6. The first-order valence-electron chi connectivity index (χ1n) is 8.86. The highest BCUT2D eigenvalue weighted by Gasteiger charge is 2.18. The Bertz CT molecular complexity index is 973. The molecular weight excluding hydrogens is 370 g/mol. The fraction of sp³-hybridized carbons (Fsp3) is 0.130. The van der Waals surface area contributed by atoms with Crippen molar-refractivity contribution >= 4 is 18.1 Å². The van der Waals surface area contributed by atoms with Gasteiger partial charge in [0.25, 0.3) is 0 Å². The fourth-order valence-corrected chi connectivity index (χ4v) is 2.67. The minimum absolute atomic E-state index is 0.290. The van der Waals surface area contributed by atoms with E-state index in [0.717, 1.165) is 11.3 Å². The summed E-state index contributed by atoms with van der Waals surface area (Å²) in [7, 11) is 4.48. The molecule has 0 spiro atoms. The SMILES string of the molecule is COc1cc(C(=O)Oc2ccc(/C=C/c3ccccn3)cc2)cc(OC)c1OC. The van der Waals surface area contributed by atoms with Crippen LogP contribution in [-0.4, -0.2) is 32.3 Å². The topological polar surface area (TPSA) is 66.9 Å². The van der Waals surface area contributed by atoms with Gasteiger partial charge < -0.3 is 18.9 Å². The number of esters is 1. The minimum Gasteiger partial charge on any atom is -0.493 e. The van der Waals surface area contributed by atoms with Crippen LogP contribution in [0, 0.1) is 0 Å². The van der Waals surface area contributed by atoms with Crippen LogP contribution in [0.5, 0.6) is 23.0 Å². The first kappa shape index (κ1) is 19.9. The van der Waals surface area contributed by atoms with Gasteiger partial charge in [-0.25, -0.2) is 4.79 Å². The Kier molecular flexibility index (Phi) is 6.47. The predicted octanol–water partition coefficient (Wildman–Crippen LogP) is 4.50. The quantitative estimate of drug-likeness (QED) is 0.436. The maximum Gasteiger partial charge on any atom is 0.343 e. The van der Waals surface area contributed by atoms with Crippen molar-refractivity contribution < 1.29 is 23.7 Å². The Labute approximate surface area is 169 Å². The molecule has 0 radical (unpaired) electrons. The monoisotopic (exact) mass is 391 g/mol. The van der Waals surface area contributed by atoms with Crippen molar-refractivity contribution in [1.29, 1.82) is 0 Å². The third kappa shape index (κ3) is 4.93. The van der Waals surface area contributed by atoms with E-state index in [4.69, 9.17) is 18.9 Å². The molecule has 6 nitrogen and oxygen atoms in total. The Morgan fingerprint density at radius 2 is 1.55 bits per heavy atom. The van der Waals surface area contributed by atoms with Crippen LogP contribution in [0.15, 0.2) is 60.8 Å². The molecule has 0 aliphatic carbocycles. The number of aromatic nitrogens is 1. The number of carbonyl (C=O) groups is 1. The van der Waals surface area contributed by atoms with E-state index < -0.39 is 5.97 Å². The lowest BCUT2D eigenvalue weighted by atomic mass is 10.1. The van der Waals surface area contributed by atoms with Crippen LogP contribution in [0.2, 0.25) is 0 Å². The van der Waals surface area contributed by atoms with Gasteiger partial charge in [-0.3, -0.25) is 4.98 Å². The molecule has 3 rings (SSSR count). The zero-order valence-electron chi connectivity index (χ0n) is 16.4. The van der Waals surface area contributed by atoms with Gasteiger partial charge in [0.15, 0.2) is 11.5 Å². The molecule has 2 aromatic carbocycles. The zero-order valence-corrected chi connectivity index (χ0v) is 16.4. The summed E-state index contributed by atoms with van der Waals surface area (Å²) < 4.78 is 21.3. The summed E-state index contributed by atoms with van der Waals surface area (Å²) in [4.78, 5) is 16.8. The van der Waals surface area contributed by atoms with Gasteiger partial charge in [0.05, 0.1) is 32.6 Å². The number of methoxy groups -OCH3 is 3. The maximum atomic E-state index is 12.5. The molecule has 0 aliphatic rings. The third-order valence-electron chi connectivity index (χ3n) is 4.13. The number of rotatable bonds is 7. The van der Waals surface area contributed by atoms with Crippen molar-refractivity contribution in [3.8, 4) is 23.0 Å². The lowest BCUT2D eigenvalue weighted by Gasteiger charge is -2.13. The highest BCUT2D eigenvalue weighted by molar-refractivity contribution is 5.92. The Hall–Kier alpha value is -3.80. The van der Waals surface area contributed by atoms with Crippen molar-refractivity contribution in [3.05, 3.63) is 77.6 Å². The first-order valence-corrected chi connectivity index (χ1v) is 8.86. The Morgan fingerprint density at radius 1 is 0.862 bits per heavy atom. The summed E-state index contributed by atoms with van der Waals surface area (Å²) in [6.45, 7) is 0. The van der Waals surface area contributed by atoms with Gasteiger partial charge in [-0.1, -0.05) is 24.3 Å². The summed E-state index contributed by atoms with van der Waals surface area (Å²) in [6, 6.07) is 16.0. The summed E-state index contributed by atoms with van der Waals surface area (Å²) in [5.41, 5.74) is 2.12. The van der Waals surface area contributed by atoms with Crippen molar-refractivity contribution in [3.63, 3.8) is 0 Å². The second-order valence-corrected chi connectivity index (χ2v) is 5.96. The third-order valence-corrected chi connectivity index (χ3v) is 4.13. The van der Waals surface area contributed by atoms with Crippen molar-refractivity contribution in [2.75, 3.05) is 21.3 Å². The van der Waals surface area contributed by atoms with E-state index in [1.165, 1.54) is 21.3 Å². The van der Waals surface area contributed by atoms with Crippen LogP contribution < -0.4 is 18.9 Å². The number of nitrogens with zero attached hydrogens (tertiary/aromatic N) is 1. The molecular formula is C23H21NO5. The summed E-state index contributed by atoms with van der Waals surface area (Å²) >= 11 is 0. The largest absolute Gasteiger partial charge is 0.493 e. The highest BCUT2D eigenvalue weighted by Crippen LogP contribution is 2.38. The molecule has 148 valence electrons. The lowest BCUT2D eigenvalue weighted by Crippen LogP contribution is -2.09. The van der Waals surface area contributed by atoms with Gasteiger partial charge in [-0.05, 0) is 48.0 Å². The minimum atomic E-state index is -0.527. The van der Waals surface area contributed by atoms with Gasteiger partial charge in [0, 0.05) is 6.20 Å². The van der Waals surface area contributed by atoms with E-state index in [2.05, 4.69) is 4.98 Å². The Balaban J connectivity index is 1.73. The molecule has 0 aliphatic heterocycles. The molecule has 6 heteroatoms. The number of pyridine rings is 1. The van der Waals surface area contributed by atoms with E-state index in [0.29, 0.717) is 28.6 Å². The second-order valence-electron chi connectivity index (χ2n) is 5.96. The van der Waals surface area contributed by atoms with Gasteiger partial charge >= 0.3 is 5.97 Å². The van der Waals surface area contributed by atoms with Crippen LogP contribution in [0.1, 0.15) is 21.6 Å². The average Bonchev–Trinajstić information content (AvgIpc) is 2.78. The standard InChI is InChI=1S/C23H21NO5/c1-26-20-14-17(15-21(27-2)22(20)28-3)23(25)29-19-11-8-16(9-12-19)7-10-18-6-4-5-13-24-18/h4-15H,1-3H3/b10-7+.